The highest BCUT2D eigenvalue weighted by Crippen LogP contribution is 2.23. The molecule has 1 aromatic heterocycles. The molecule has 0 atom stereocenters. The first kappa shape index (κ1) is 17.6. The van der Waals surface area contributed by atoms with Crippen molar-refractivity contribution >= 4 is 21.4 Å². The topological polar surface area (TPSA) is 68.3 Å². The molecule has 1 N–H and O–H groups in total. The molecule has 0 radical (unpaired) electrons. The molecule has 0 aliphatic heterocycles. The van der Waals surface area contributed by atoms with E-state index in [1.165, 1.54) is 11.3 Å². The van der Waals surface area contributed by atoms with Crippen molar-refractivity contribution in [2.24, 2.45) is 0 Å². The zero-order chi connectivity index (χ0) is 17.5. The molecule has 5 nitrogen and oxygen atoms in total. The quantitative estimate of drug-likeness (QED) is 0.654. The van der Waals surface area contributed by atoms with Gasteiger partial charge in [0.2, 0.25) is 10.0 Å². The third-order valence-electron chi connectivity index (χ3n) is 3.54. The average Bonchev–Trinajstić information content (AvgIpc) is 3.14. The van der Waals surface area contributed by atoms with Gasteiger partial charge in [-0.15, -0.1) is 0 Å². The van der Waals surface area contributed by atoms with Crippen LogP contribution in [0.15, 0.2) is 66.2 Å². The second-order valence-corrected chi connectivity index (χ2v) is 8.20. The van der Waals surface area contributed by atoms with Crippen LogP contribution in [0.3, 0.4) is 0 Å². The lowest BCUT2D eigenvalue weighted by molar-refractivity contribution is 0.478. The Balaban J connectivity index is 1.50. The average molecular weight is 374 g/mol. The van der Waals surface area contributed by atoms with Crippen LogP contribution in [0.4, 0.5) is 0 Å². The van der Waals surface area contributed by atoms with Crippen LogP contribution in [0, 0.1) is 0 Å². The van der Waals surface area contributed by atoms with E-state index in [4.69, 9.17) is 4.74 Å². The van der Waals surface area contributed by atoms with Gasteiger partial charge in [-0.1, -0.05) is 53.8 Å². The number of nitrogens with one attached hydrogen (secondary N) is 1. The summed E-state index contributed by atoms with van der Waals surface area (Å²) in [4.78, 5) is 4.05. The van der Waals surface area contributed by atoms with E-state index in [2.05, 4.69) is 9.71 Å². The molecular formula is C18H18N2O3S2. The van der Waals surface area contributed by atoms with Gasteiger partial charge in [0.05, 0.1) is 5.75 Å². The van der Waals surface area contributed by atoms with Crippen molar-refractivity contribution in [2.45, 2.75) is 13.0 Å². The van der Waals surface area contributed by atoms with Crippen LogP contribution in [-0.4, -0.2) is 19.2 Å². The molecule has 0 unspecified atom stereocenters. The predicted molar refractivity (Wildman–Crippen MR) is 99.4 cm³/mol. The molecule has 1 heterocycles. The third-order valence-corrected chi connectivity index (χ3v) is 5.51. The molecule has 130 valence electrons. The van der Waals surface area contributed by atoms with Crippen molar-refractivity contribution in [3.8, 4) is 10.9 Å². The minimum absolute atomic E-state index is 0.0717. The number of hydrogen-bond donors (Lipinski definition) is 1. The molecule has 0 aliphatic rings. The fraction of sp³-hybridized carbons (Fsp3) is 0.167. The third kappa shape index (κ3) is 5.67. The maximum atomic E-state index is 12.1. The summed E-state index contributed by atoms with van der Waals surface area (Å²) in [5.74, 6) is 0.744. The molecule has 3 rings (SSSR count). The van der Waals surface area contributed by atoms with Crippen molar-refractivity contribution in [2.75, 3.05) is 5.75 Å². The van der Waals surface area contributed by atoms with Crippen molar-refractivity contribution in [3.63, 3.8) is 0 Å². The maximum Gasteiger partial charge on any atom is 0.278 e. The minimum Gasteiger partial charge on any atom is -0.431 e. The number of thiazole rings is 1. The summed E-state index contributed by atoms with van der Waals surface area (Å²) >= 11 is 1.41. The van der Waals surface area contributed by atoms with Crippen LogP contribution < -0.4 is 9.46 Å². The van der Waals surface area contributed by atoms with E-state index in [0.717, 1.165) is 11.1 Å². The number of aromatic nitrogens is 1. The number of sulfonamides is 1. The molecule has 0 amide bonds. The fourth-order valence-electron chi connectivity index (χ4n) is 2.20. The normalized spacial score (nSPS) is 11.4. The van der Waals surface area contributed by atoms with Gasteiger partial charge in [0, 0.05) is 18.1 Å². The number of rotatable bonds is 8. The van der Waals surface area contributed by atoms with Crippen LogP contribution in [-0.2, 0) is 23.0 Å². The van der Waals surface area contributed by atoms with Crippen LogP contribution >= 0.6 is 11.3 Å². The van der Waals surface area contributed by atoms with Gasteiger partial charge in [-0.05, 0) is 29.7 Å². The first-order chi connectivity index (χ1) is 12.1. The molecule has 3 aromatic rings. The second kappa shape index (κ2) is 8.24. The van der Waals surface area contributed by atoms with Crippen molar-refractivity contribution in [1.29, 1.82) is 0 Å². The molecule has 0 bridgehead atoms. The van der Waals surface area contributed by atoms with Crippen molar-refractivity contribution in [1.82, 2.24) is 9.71 Å². The number of benzene rings is 2. The van der Waals surface area contributed by atoms with Gasteiger partial charge >= 0.3 is 0 Å². The van der Waals surface area contributed by atoms with Crippen LogP contribution in [0.1, 0.15) is 11.1 Å². The smallest absolute Gasteiger partial charge is 0.278 e. The van der Waals surface area contributed by atoms with Crippen molar-refractivity contribution < 1.29 is 13.2 Å². The summed E-state index contributed by atoms with van der Waals surface area (Å²) in [6, 6.07) is 16.9. The molecule has 0 saturated heterocycles. The van der Waals surface area contributed by atoms with E-state index in [1.54, 1.807) is 18.3 Å². The van der Waals surface area contributed by atoms with E-state index in [9.17, 15) is 8.42 Å². The molecule has 0 fully saturated rings. The molecule has 0 saturated carbocycles. The summed E-state index contributed by atoms with van der Waals surface area (Å²) in [6.07, 6.45) is 2.18. The summed E-state index contributed by atoms with van der Waals surface area (Å²) < 4.78 is 32.4. The van der Waals surface area contributed by atoms with Gasteiger partial charge in [0.1, 0.15) is 5.75 Å². The van der Waals surface area contributed by atoms with Gasteiger partial charge in [0.15, 0.2) is 0 Å². The Kier molecular flexibility index (Phi) is 5.80. The lowest BCUT2D eigenvalue weighted by Crippen LogP contribution is -2.26. The fourth-order valence-corrected chi connectivity index (χ4v) is 3.74. The summed E-state index contributed by atoms with van der Waals surface area (Å²) in [6.45, 7) is 0.259. The Morgan fingerprint density at radius 2 is 1.76 bits per heavy atom. The Labute approximate surface area is 151 Å². The second-order valence-electron chi connectivity index (χ2n) is 5.42. The first-order valence-electron chi connectivity index (χ1n) is 7.78. The lowest BCUT2D eigenvalue weighted by Gasteiger charge is -2.08. The van der Waals surface area contributed by atoms with E-state index in [-0.39, 0.29) is 12.3 Å². The van der Waals surface area contributed by atoms with Gasteiger partial charge in [-0.25, -0.2) is 18.1 Å². The van der Waals surface area contributed by atoms with Gasteiger partial charge in [0.25, 0.3) is 5.19 Å². The van der Waals surface area contributed by atoms with Gasteiger partial charge in [-0.3, -0.25) is 0 Å². The largest absolute Gasteiger partial charge is 0.431 e. The molecule has 25 heavy (non-hydrogen) atoms. The SMILES string of the molecule is O=S(=O)(CCc1ccccc1)NCc1ccc(Oc2nccs2)cc1. The minimum atomic E-state index is -3.32. The predicted octanol–water partition coefficient (Wildman–Crippen LogP) is 3.60. The molecular weight excluding hydrogens is 356 g/mol. The van der Waals surface area contributed by atoms with Gasteiger partial charge in [-0.2, -0.15) is 0 Å². The monoisotopic (exact) mass is 374 g/mol. The van der Waals surface area contributed by atoms with E-state index >= 15 is 0 Å². The molecule has 7 heteroatoms. The standard InChI is InChI=1S/C18H18N2O3S2/c21-25(22,13-10-15-4-2-1-3-5-15)20-14-16-6-8-17(9-7-16)23-18-19-11-12-24-18/h1-9,11-12,20H,10,13-14H2. The Hall–Kier alpha value is -2.22. The lowest BCUT2D eigenvalue weighted by atomic mass is 10.2. The number of hydrogen-bond acceptors (Lipinski definition) is 5. The van der Waals surface area contributed by atoms with Crippen molar-refractivity contribution in [3.05, 3.63) is 77.3 Å². The van der Waals surface area contributed by atoms with E-state index in [1.807, 2.05) is 47.8 Å². The summed E-state index contributed by atoms with van der Waals surface area (Å²) in [7, 11) is -3.32. The first-order valence-corrected chi connectivity index (χ1v) is 10.3. The Morgan fingerprint density at radius 3 is 2.44 bits per heavy atom. The van der Waals surface area contributed by atoms with Gasteiger partial charge < -0.3 is 4.74 Å². The summed E-state index contributed by atoms with van der Waals surface area (Å²) in [5, 5.41) is 2.42. The highest BCUT2D eigenvalue weighted by molar-refractivity contribution is 7.89. The molecule has 0 spiro atoms. The summed E-state index contributed by atoms with van der Waals surface area (Å²) in [5.41, 5.74) is 1.88. The molecule has 0 aliphatic carbocycles. The highest BCUT2D eigenvalue weighted by Gasteiger charge is 2.10. The maximum absolute atomic E-state index is 12.1. The zero-order valence-electron chi connectivity index (χ0n) is 13.5. The number of ether oxygens (including phenoxy) is 1. The number of nitrogens with zero attached hydrogens (tertiary/aromatic N) is 1. The van der Waals surface area contributed by atoms with E-state index < -0.39 is 10.0 Å². The van der Waals surface area contributed by atoms with Crippen LogP contribution in [0.5, 0.6) is 10.9 Å². The number of aryl methyl sites for hydroxylation is 1. The van der Waals surface area contributed by atoms with E-state index in [0.29, 0.717) is 17.4 Å². The Bertz CT molecular complexity index is 878. The highest BCUT2D eigenvalue weighted by atomic mass is 32.2. The van der Waals surface area contributed by atoms with Crippen LogP contribution in [0.25, 0.3) is 0 Å². The zero-order valence-corrected chi connectivity index (χ0v) is 15.1. The van der Waals surface area contributed by atoms with Crippen LogP contribution in [0.2, 0.25) is 0 Å². The molecule has 2 aromatic carbocycles. The Morgan fingerprint density at radius 1 is 1.00 bits per heavy atom.